The maximum atomic E-state index is 12.2. The highest BCUT2D eigenvalue weighted by atomic mass is 16.6. The van der Waals surface area contributed by atoms with Gasteiger partial charge in [-0.05, 0) is 5.56 Å². The van der Waals surface area contributed by atoms with E-state index < -0.39 is 17.9 Å². The van der Waals surface area contributed by atoms with E-state index in [2.05, 4.69) is 0 Å². The number of methoxy groups -OCH3 is 1. The van der Waals surface area contributed by atoms with Gasteiger partial charge in [-0.1, -0.05) is 37.3 Å². The van der Waals surface area contributed by atoms with E-state index in [1.165, 1.54) is 7.11 Å². The van der Waals surface area contributed by atoms with Gasteiger partial charge in [-0.15, -0.1) is 0 Å². The molecule has 0 aliphatic heterocycles. The molecule has 1 aliphatic carbocycles. The highest BCUT2D eigenvalue weighted by molar-refractivity contribution is 5.82. The molecule has 0 N–H and O–H groups in total. The molecule has 126 valence electrons. The standard InChI is InChI=1S/C17H23NO5/c1-12-15(11-22-2)17(18(20)21)14(8-16(12)19)10-23-9-13-6-4-3-5-7-13/h3-7,12,14-15,17H,8-11H2,1-2H3/t12-,14-,15+,17-/m1/s1. The quantitative estimate of drug-likeness (QED) is 0.569. The van der Waals surface area contributed by atoms with Crippen molar-refractivity contribution in [3.8, 4) is 0 Å². The van der Waals surface area contributed by atoms with Gasteiger partial charge in [-0.25, -0.2) is 0 Å². The number of ether oxygens (including phenoxy) is 2. The summed E-state index contributed by atoms with van der Waals surface area (Å²) in [5.74, 6) is -1.10. The molecule has 6 heteroatoms. The minimum Gasteiger partial charge on any atom is -0.384 e. The summed E-state index contributed by atoms with van der Waals surface area (Å²) in [4.78, 5) is 23.4. The van der Waals surface area contributed by atoms with Gasteiger partial charge in [-0.2, -0.15) is 0 Å². The zero-order valence-corrected chi connectivity index (χ0v) is 13.5. The van der Waals surface area contributed by atoms with Crippen LogP contribution < -0.4 is 0 Å². The second-order valence-electron chi connectivity index (χ2n) is 6.12. The third kappa shape index (κ3) is 4.36. The van der Waals surface area contributed by atoms with Gasteiger partial charge in [0.2, 0.25) is 6.04 Å². The normalized spacial score (nSPS) is 27.8. The lowest BCUT2D eigenvalue weighted by Gasteiger charge is -2.35. The number of Topliss-reactive ketones (excluding diaryl/α,β-unsaturated/α-hetero) is 1. The van der Waals surface area contributed by atoms with Gasteiger partial charge >= 0.3 is 0 Å². The van der Waals surface area contributed by atoms with Gasteiger partial charge in [0.25, 0.3) is 0 Å². The summed E-state index contributed by atoms with van der Waals surface area (Å²) in [6, 6.07) is 8.82. The van der Waals surface area contributed by atoms with Crippen LogP contribution in [0.4, 0.5) is 0 Å². The van der Waals surface area contributed by atoms with E-state index in [4.69, 9.17) is 9.47 Å². The molecular weight excluding hydrogens is 298 g/mol. The first-order chi connectivity index (χ1) is 11.0. The van der Waals surface area contributed by atoms with Crippen LogP contribution in [0.5, 0.6) is 0 Å². The van der Waals surface area contributed by atoms with Crippen LogP contribution in [0.1, 0.15) is 18.9 Å². The first-order valence-corrected chi connectivity index (χ1v) is 7.81. The second kappa shape index (κ2) is 8.17. The Hall–Kier alpha value is -1.79. The van der Waals surface area contributed by atoms with Gasteiger partial charge in [-0.3, -0.25) is 14.9 Å². The molecule has 0 radical (unpaired) electrons. The van der Waals surface area contributed by atoms with Gasteiger partial charge in [0, 0.05) is 24.4 Å². The molecule has 0 heterocycles. The van der Waals surface area contributed by atoms with E-state index in [0.29, 0.717) is 6.61 Å². The Morgan fingerprint density at radius 2 is 1.96 bits per heavy atom. The fourth-order valence-corrected chi connectivity index (χ4v) is 3.27. The molecule has 0 spiro atoms. The molecule has 0 aromatic heterocycles. The molecule has 1 aromatic rings. The molecule has 4 atom stereocenters. The smallest absolute Gasteiger partial charge is 0.224 e. The van der Waals surface area contributed by atoms with E-state index in [9.17, 15) is 14.9 Å². The Morgan fingerprint density at radius 1 is 1.26 bits per heavy atom. The van der Waals surface area contributed by atoms with Gasteiger partial charge in [0.15, 0.2) is 0 Å². The van der Waals surface area contributed by atoms with Crippen molar-refractivity contribution in [1.29, 1.82) is 0 Å². The summed E-state index contributed by atoms with van der Waals surface area (Å²) in [5, 5.41) is 11.5. The first-order valence-electron chi connectivity index (χ1n) is 7.81. The van der Waals surface area contributed by atoms with Crippen molar-refractivity contribution < 1.29 is 19.2 Å². The molecule has 1 saturated carbocycles. The van der Waals surface area contributed by atoms with E-state index in [0.717, 1.165) is 5.56 Å². The minimum absolute atomic E-state index is 0.0541. The maximum absolute atomic E-state index is 12.2. The molecule has 0 amide bonds. The highest BCUT2D eigenvalue weighted by Gasteiger charge is 2.49. The predicted molar refractivity (Wildman–Crippen MR) is 84.5 cm³/mol. The average Bonchev–Trinajstić information content (AvgIpc) is 2.53. The van der Waals surface area contributed by atoms with Crippen molar-refractivity contribution in [2.75, 3.05) is 20.3 Å². The summed E-state index contributed by atoms with van der Waals surface area (Å²) < 4.78 is 10.8. The molecule has 0 bridgehead atoms. The molecule has 23 heavy (non-hydrogen) atoms. The van der Waals surface area contributed by atoms with Crippen molar-refractivity contribution in [1.82, 2.24) is 0 Å². The fourth-order valence-electron chi connectivity index (χ4n) is 3.27. The van der Waals surface area contributed by atoms with E-state index in [-0.39, 0.29) is 36.3 Å². The van der Waals surface area contributed by atoms with Crippen LogP contribution in [0.25, 0.3) is 0 Å². The third-order valence-electron chi connectivity index (χ3n) is 4.58. The molecule has 1 aliphatic rings. The molecule has 1 fully saturated rings. The Bertz CT molecular complexity index is 533. The van der Waals surface area contributed by atoms with E-state index >= 15 is 0 Å². The predicted octanol–water partition coefficient (Wildman–Crippen LogP) is 2.34. The number of carbonyl (C=O) groups excluding carboxylic acids is 1. The van der Waals surface area contributed by atoms with E-state index in [1.54, 1.807) is 6.92 Å². The van der Waals surface area contributed by atoms with Gasteiger partial charge in [0.1, 0.15) is 5.78 Å². The number of ketones is 1. The van der Waals surface area contributed by atoms with Crippen LogP contribution in [-0.4, -0.2) is 37.1 Å². The molecule has 1 aromatic carbocycles. The van der Waals surface area contributed by atoms with Crippen LogP contribution in [0.2, 0.25) is 0 Å². The van der Waals surface area contributed by atoms with Gasteiger partial charge in [0.05, 0.1) is 31.7 Å². The largest absolute Gasteiger partial charge is 0.384 e. The van der Waals surface area contributed by atoms with Crippen LogP contribution in [0.3, 0.4) is 0 Å². The number of hydrogen-bond donors (Lipinski definition) is 0. The van der Waals surface area contributed by atoms with Gasteiger partial charge < -0.3 is 9.47 Å². The SMILES string of the molecule is COC[C@@H]1[C@H]([N+](=O)[O-])[C@@H](COCc2ccccc2)CC(=O)[C@@H]1C. The zero-order chi connectivity index (χ0) is 16.8. The lowest BCUT2D eigenvalue weighted by atomic mass is 9.71. The second-order valence-corrected chi connectivity index (χ2v) is 6.12. The number of benzene rings is 1. The van der Waals surface area contributed by atoms with Crippen LogP contribution >= 0.6 is 0 Å². The Balaban J connectivity index is 2.02. The minimum atomic E-state index is -0.807. The summed E-state index contributed by atoms with van der Waals surface area (Å²) in [7, 11) is 1.50. The van der Waals surface area contributed by atoms with Crippen molar-refractivity contribution in [2.24, 2.45) is 17.8 Å². The lowest BCUT2D eigenvalue weighted by molar-refractivity contribution is -0.547. The molecule has 0 saturated heterocycles. The van der Waals surface area contributed by atoms with Crippen molar-refractivity contribution in [3.05, 3.63) is 46.0 Å². The highest BCUT2D eigenvalue weighted by Crippen LogP contribution is 2.34. The lowest BCUT2D eigenvalue weighted by Crippen LogP contribution is -2.50. The zero-order valence-electron chi connectivity index (χ0n) is 13.5. The third-order valence-corrected chi connectivity index (χ3v) is 4.58. The van der Waals surface area contributed by atoms with E-state index in [1.807, 2.05) is 30.3 Å². The first kappa shape index (κ1) is 17.6. The Kier molecular flexibility index (Phi) is 6.24. The monoisotopic (exact) mass is 321 g/mol. The summed E-state index contributed by atoms with van der Waals surface area (Å²) in [5.41, 5.74) is 1.01. The van der Waals surface area contributed by atoms with Crippen LogP contribution in [0, 0.1) is 27.9 Å². The number of nitrogens with zero attached hydrogens (tertiary/aromatic N) is 1. The Morgan fingerprint density at radius 3 is 2.57 bits per heavy atom. The summed E-state index contributed by atoms with van der Waals surface area (Å²) in [6.45, 7) is 2.57. The van der Waals surface area contributed by atoms with Crippen molar-refractivity contribution >= 4 is 5.78 Å². The average molecular weight is 321 g/mol. The summed E-state index contributed by atoms with van der Waals surface area (Å²) in [6.07, 6.45) is 0.196. The maximum Gasteiger partial charge on any atom is 0.224 e. The number of carbonyl (C=O) groups is 1. The fraction of sp³-hybridized carbons (Fsp3) is 0.588. The Labute approximate surface area is 135 Å². The molecule has 6 nitrogen and oxygen atoms in total. The number of hydrogen-bond acceptors (Lipinski definition) is 5. The number of rotatable bonds is 7. The summed E-state index contributed by atoms with van der Waals surface area (Å²) >= 11 is 0. The molecule has 2 rings (SSSR count). The number of nitro groups is 1. The van der Waals surface area contributed by atoms with Crippen molar-refractivity contribution in [3.63, 3.8) is 0 Å². The molecular formula is C17H23NO5. The van der Waals surface area contributed by atoms with Crippen molar-refractivity contribution in [2.45, 2.75) is 26.0 Å². The van der Waals surface area contributed by atoms with Crippen LogP contribution in [0.15, 0.2) is 30.3 Å². The van der Waals surface area contributed by atoms with Crippen LogP contribution in [-0.2, 0) is 20.9 Å². The topological polar surface area (TPSA) is 78.7 Å². The molecule has 0 unspecified atom stereocenters.